The Bertz CT molecular complexity index is 510. The molecule has 0 radical (unpaired) electrons. The number of guanidine groups is 1. The first kappa shape index (κ1) is 22.5. The number of nitrogens with one attached hydrogen (secondary N) is 2. The third-order valence-corrected chi connectivity index (χ3v) is 3.05. The molecule has 0 unspecified atom stereocenters. The number of halogens is 1. The monoisotopic (exact) mass is 449 g/mol. The van der Waals surface area contributed by atoms with Crippen LogP contribution in [0.1, 0.15) is 32.3 Å². The van der Waals surface area contributed by atoms with Crippen LogP contribution in [-0.4, -0.2) is 38.7 Å². The molecule has 1 rings (SSSR count). The van der Waals surface area contributed by atoms with Crippen LogP contribution < -0.4 is 15.4 Å². The molecule has 0 saturated carbocycles. The van der Waals surface area contributed by atoms with Crippen LogP contribution in [0.2, 0.25) is 0 Å². The molecule has 0 aliphatic heterocycles. The van der Waals surface area contributed by atoms with E-state index in [0.717, 1.165) is 23.8 Å². The molecule has 1 aromatic carbocycles. The van der Waals surface area contributed by atoms with Crippen molar-refractivity contribution in [1.82, 2.24) is 10.6 Å². The molecule has 0 atom stereocenters. The molecule has 1 aromatic rings. The summed E-state index contributed by atoms with van der Waals surface area (Å²) in [5, 5.41) is 6.40. The maximum Gasteiger partial charge on any atom is 0.305 e. The lowest BCUT2D eigenvalue weighted by atomic mass is 10.2. The summed E-state index contributed by atoms with van der Waals surface area (Å²) in [5.41, 5.74) is 1.08. The number of ether oxygens (including phenoxy) is 2. The smallest absolute Gasteiger partial charge is 0.305 e. The minimum absolute atomic E-state index is 0. The molecule has 0 aromatic heterocycles. The molecule has 7 heteroatoms. The highest BCUT2D eigenvalue weighted by Gasteiger charge is 2.02. The Balaban J connectivity index is 0.00000529. The highest BCUT2D eigenvalue weighted by atomic mass is 127. The summed E-state index contributed by atoms with van der Waals surface area (Å²) in [7, 11) is 1.65. The number of esters is 1. The fourth-order valence-electron chi connectivity index (χ4n) is 1.96. The third-order valence-electron chi connectivity index (χ3n) is 3.05. The molecule has 24 heavy (non-hydrogen) atoms. The summed E-state index contributed by atoms with van der Waals surface area (Å²) in [4.78, 5) is 15.8. The molecular weight excluding hydrogens is 421 g/mol. The van der Waals surface area contributed by atoms with E-state index < -0.39 is 0 Å². The summed E-state index contributed by atoms with van der Waals surface area (Å²) in [6.07, 6.45) is 1.12. The average molecular weight is 449 g/mol. The fourth-order valence-corrected chi connectivity index (χ4v) is 1.96. The van der Waals surface area contributed by atoms with Crippen LogP contribution in [0.4, 0.5) is 0 Å². The SMILES string of the molecule is CCNC(=NCc1cccc(OC)c1)NCCCC(=O)OCC.I. The predicted octanol–water partition coefficient (Wildman–Crippen LogP) is 2.71. The molecule has 0 fully saturated rings. The Morgan fingerprint density at radius 2 is 2.04 bits per heavy atom. The zero-order chi connectivity index (χ0) is 16.9. The number of methoxy groups -OCH3 is 1. The molecule has 0 amide bonds. The van der Waals surface area contributed by atoms with Crippen molar-refractivity contribution in [3.63, 3.8) is 0 Å². The summed E-state index contributed by atoms with van der Waals surface area (Å²) in [5.74, 6) is 1.40. The van der Waals surface area contributed by atoms with Crippen LogP contribution >= 0.6 is 24.0 Å². The van der Waals surface area contributed by atoms with Gasteiger partial charge in [-0.1, -0.05) is 12.1 Å². The second kappa shape index (κ2) is 13.9. The zero-order valence-corrected chi connectivity index (χ0v) is 17.0. The maximum atomic E-state index is 11.3. The first-order valence-electron chi connectivity index (χ1n) is 8.00. The van der Waals surface area contributed by atoms with Gasteiger partial charge in [0.15, 0.2) is 5.96 Å². The average Bonchev–Trinajstić information content (AvgIpc) is 2.57. The van der Waals surface area contributed by atoms with Crippen LogP contribution in [-0.2, 0) is 16.1 Å². The predicted molar refractivity (Wildman–Crippen MR) is 107 cm³/mol. The van der Waals surface area contributed by atoms with Crippen molar-refractivity contribution in [1.29, 1.82) is 0 Å². The lowest BCUT2D eigenvalue weighted by molar-refractivity contribution is -0.143. The number of carbonyl (C=O) groups is 1. The summed E-state index contributed by atoms with van der Waals surface area (Å²) >= 11 is 0. The quantitative estimate of drug-likeness (QED) is 0.200. The van der Waals surface area contributed by atoms with Crippen molar-refractivity contribution in [2.75, 3.05) is 26.8 Å². The van der Waals surface area contributed by atoms with Crippen LogP contribution in [0.15, 0.2) is 29.3 Å². The van der Waals surface area contributed by atoms with Gasteiger partial charge in [0.2, 0.25) is 0 Å². The number of carbonyl (C=O) groups excluding carboxylic acids is 1. The molecule has 0 spiro atoms. The molecular formula is C17H28IN3O3. The number of rotatable bonds is 9. The molecule has 0 aliphatic carbocycles. The Kier molecular flexibility index (Phi) is 13.0. The van der Waals surface area contributed by atoms with E-state index in [9.17, 15) is 4.79 Å². The van der Waals surface area contributed by atoms with Crippen molar-refractivity contribution in [3.8, 4) is 5.75 Å². The Labute approximate surface area is 161 Å². The van der Waals surface area contributed by atoms with Gasteiger partial charge in [-0.05, 0) is 38.0 Å². The van der Waals surface area contributed by atoms with Crippen molar-refractivity contribution in [2.24, 2.45) is 4.99 Å². The van der Waals surface area contributed by atoms with E-state index in [-0.39, 0.29) is 29.9 Å². The number of nitrogens with zero attached hydrogens (tertiary/aromatic N) is 1. The van der Waals surface area contributed by atoms with E-state index in [1.165, 1.54) is 0 Å². The zero-order valence-electron chi connectivity index (χ0n) is 14.6. The van der Waals surface area contributed by atoms with Crippen molar-refractivity contribution in [2.45, 2.75) is 33.2 Å². The van der Waals surface area contributed by atoms with Gasteiger partial charge in [0.05, 0.1) is 20.3 Å². The third kappa shape index (κ3) is 9.59. The van der Waals surface area contributed by atoms with E-state index in [4.69, 9.17) is 9.47 Å². The first-order chi connectivity index (χ1) is 11.2. The minimum Gasteiger partial charge on any atom is -0.497 e. The fraction of sp³-hybridized carbons (Fsp3) is 0.529. The second-order valence-corrected chi connectivity index (χ2v) is 4.88. The summed E-state index contributed by atoms with van der Waals surface area (Å²) in [6.45, 7) is 6.26. The van der Waals surface area contributed by atoms with E-state index in [1.54, 1.807) is 7.11 Å². The Morgan fingerprint density at radius 1 is 1.25 bits per heavy atom. The molecule has 0 bridgehead atoms. The van der Waals surface area contributed by atoms with Gasteiger partial charge in [0, 0.05) is 19.5 Å². The molecule has 2 N–H and O–H groups in total. The Morgan fingerprint density at radius 3 is 2.71 bits per heavy atom. The maximum absolute atomic E-state index is 11.3. The van der Waals surface area contributed by atoms with Gasteiger partial charge < -0.3 is 20.1 Å². The van der Waals surface area contributed by atoms with Gasteiger partial charge in [-0.25, -0.2) is 4.99 Å². The van der Waals surface area contributed by atoms with Crippen molar-refractivity contribution >= 4 is 35.9 Å². The van der Waals surface area contributed by atoms with Crippen LogP contribution in [0.25, 0.3) is 0 Å². The molecule has 6 nitrogen and oxygen atoms in total. The summed E-state index contributed by atoms with van der Waals surface area (Å²) < 4.78 is 10.1. The highest BCUT2D eigenvalue weighted by molar-refractivity contribution is 14.0. The number of hydrogen-bond donors (Lipinski definition) is 2. The van der Waals surface area contributed by atoms with E-state index >= 15 is 0 Å². The lowest BCUT2D eigenvalue weighted by Crippen LogP contribution is -2.37. The normalized spacial score (nSPS) is 10.5. The van der Waals surface area contributed by atoms with E-state index in [2.05, 4.69) is 15.6 Å². The molecule has 0 heterocycles. The van der Waals surface area contributed by atoms with Crippen molar-refractivity contribution < 1.29 is 14.3 Å². The number of benzene rings is 1. The topological polar surface area (TPSA) is 72.0 Å². The van der Waals surface area contributed by atoms with Gasteiger partial charge in [-0.3, -0.25) is 4.79 Å². The van der Waals surface area contributed by atoms with E-state index in [1.807, 2.05) is 38.1 Å². The van der Waals surface area contributed by atoms with Crippen LogP contribution in [0.5, 0.6) is 5.75 Å². The van der Waals surface area contributed by atoms with Crippen molar-refractivity contribution in [3.05, 3.63) is 29.8 Å². The lowest BCUT2D eigenvalue weighted by Gasteiger charge is -2.11. The highest BCUT2D eigenvalue weighted by Crippen LogP contribution is 2.13. The largest absolute Gasteiger partial charge is 0.497 e. The molecule has 136 valence electrons. The van der Waals surface area contributed by atoms with Gasteiger partial charge in [-0.2, -0.15) is 0 Å². The molecule has 0 aliphatic rings. The number of aliphatic imine (C=N–C) groups is 1. The molecule has 0 saturated heterocycles. The number of hydrogen-bond acceptors (Lipinski definition) is 4. The van der Waals surface area contributed by atoms with Gasteiger partial charge >= 0.3 is 5.97 Å². The van der Waals surface area contributed by atoms with E-state index in [0.29, 0.717) is 32.5 Å². The minimum atomic E-state index is -0.160. The van der Waals surface area contributed by atoms with Gasteiger partial charge in [0.1, 0.15) is 5.75 Å². The van der Waals surface area contributed by atoms with Gasteiger partial charge in [-0.15, -0.1) is 24.0 Å². The van der Waals surface area contributed by atoms with Crippen LogP contribution in [0, 0.1) is 0 Å². The first-order valence-corrected chi connectivity index (χ1v) is 8.00. The van der Waals surface area contributed by atoms with Crippen LogP contribution in [0.3, 0.4) is 0 Å². The standard InChI is InChI=1S/C17H27N3O3.HI/c1-4-18-17(19-11-7-10-16(21)23-5-2)20-13-14-8-6-9-15(12-14)22-3;/h6,8-9,12H,4-5,7,10-11,13H2,1-3H3,(H2,18,19,20);1H. The van der Waals surface area contributed by atoms with Gasteiger partial charge in [0.25, 0.3) is 0 Å². The second-order valence-electron chi connectivity index (χ2n) is 4.88. The summed E-state index contributed by atoms with van der Waals surface area (Å²) in [6, 6.07) is 7.83. The Hall–Kier alpha value is -1.51.